The first-order valence-corrected chi connectivity index (χ1v) is 10.6. The number of hydrogen-bond donors (Lipinski definition) is 1. The third-order valence-corrected chi connectivity index (χ3v) is 5.64. The van der Waals surface area contributed by atoms with Crippen molar-refractivity contribution in [2.24, 2.45) is 0 Å². The van der Waals surface area contributed by atoms with Gasteiger partial charge in [0.15, 0.2) is 0 Å². The van der Waals surface area contributed by atoms with Crippen molar-refractivity contribution >= 4 is 23.4 Å². The maximum atomic E-state index is 13.5. The molecule has 160 valence electrons. The van der Waals surface area contributed by atoms with Crippen LogP contribution in [0.5, 0.6) is 5.75 Å². The van der Waals surface area contributed by atoms with Gasteiger partial charge in [-0.1, -0.05) is 43.2 Å². The standard InChI is InChI=1S/C23H26ClFN2O3/c1-30-20-9-5-2-6-17(20)15-27(21(28)14-24)22(16-10-12-18(25)13-11-16)23(29)26-19-7-3-4-8-19/h2,5-6,9-13,19,22H,3-4,7-8,14-15H2,1H3,(H,26,29). The Bertz CT molecular complexity index is 869. The van der Waals surface area contributed by atoms with Gasteiger partial charge in [-0.05, 0) is 36.6 Å². The Kier molecular flexibility index (Phi) is 7.69. The zero-order valence-electron chi connectivity index (χ0n) is 16.9. The Morgan fingerprint density at radius 3 is 2.47 bits per heavy atom. The summed E-state index contributed by atoms with van der Waals surface area (Å²) < 4.78 is 18.9. The molecule has 3 rings (SSSR count). The Morgan fingerprint density at radius 2 is 1.83 bits per heavy atom. The van der Waals surface area contributed by atoms with E-state index in [1.165, 1.54) is 29.2 Å². The van der Waals surface area contributed by atoms with Gasteiger partial charge in [-0.2, -0.15) is 0 Å². The maximum absolute atomic E-state index is 13.5. The fraction of sp³-hybridized carbons (Fsp3) is 0.391. The number of alkyl halides is 1. The number of carbonyl (C=O) groups is 2. The highest BCUT2D eigenvalue weighted by Crippen LogP contribution is 2.28. The first-order chi connectivity index (χ1) is 14.5. The summed E-state index contributed by atoms with van der Waals surface area (Å²) in [4.78, 5) is 27.6. The molecule has 7 heteroatoms. The van der Waals surface area contributed by atoms with E-state index in [9.17, 15) is 14.0 Å². The first-order valence-electron chi connectivity index (χ1n) is 10.1. The second-order valence-electron chi connectivity index (χ2n) is 7.41. The maximum Gasteiger partial charge on any atom is 0.247 e. The average Bonchev–Trinajstić information content (AvgIpc) is 3.27. The molecule has 2 aromatic carbocycles. The number of carbonyl (C=O) groups excluding carboxylic acids is 2. The van der Waals surface area contributed by atoms with Gasteiger partial charge in [0.2, 0.25) is 11.8 Å². The zero-order valence-corrected chi connectivity index (χ0v) is 17.7. The molecule has 0 spiro atoms. The molecule has 0 aliphatic heterocycles. The van der Waals surface area contributed by atoms with Crippen molar-refractivity contribution in [3.05, 3.63) is 65.5 Å². The van der Waals surface area contributed by atoms with Crippen LogP contribution >= 0.6 is 11.6 Å². The lowest BCUT2D eigenvalue weighted by Gasteiger charge is -2.32. The number of ether oxygens (including phenoxy) is 1. The predicted molar refractivity (Wildman–Crippen MR) is 114 cm³/mol. The molecular weight excluding hydrogens is 407 g/mol. The average molecular weight is 433 g/mol. The fourth-order valence-corrected chi connectivity index (χ4v) is 4.04. The SMILES string of the molecule is COc1ccccc1CN(C(=O)CCl)C(C(=O)NC1CCCC1)c1ccc(F)cc1. The molecule has 1 unspecified atom stereocenters. The third kappa shape index (κ3) is 5.30. The molecule has 0 radical (unpaired) electrons. The van der Waals surface area contributed by atoms with Gasteiger partial charge in [0, 0.05) is 11.6 Å². The Labute approximate surface area is 181 Å². The number of nitrogens with one attached hydrogen (secondary N) is 1. The smallest absolute Gasteiger partial charge is 0.247 e. The van der Waals surface area contributed by atoms with Gasteiger partial charge in [0.25, 0.3) is 0 Å². The quantitative estimate of drug-likeness (QED) is 0.636. The van der Waals surface area contributed by atoms with Crippen molar-refractivity contribution in [3.8, 4) is 5.75 Å². The topological polar surface area (TPSA) is 58.6 Å². The van der Waals surface area contributed by atoms with Gasteiger partial charge in [-0.15, -0.1) is 11.6 Å². The van der Waals surface area contributed by atoms with E-state index in [2.05, 4.69) is 5.32 Å². The van der Waals surface area contributed by atoms with Crippen molar-refractivity contribution in [1.82, 2.24) is 10.2 Å². The van der Waals surface area contributed by atoms with Crippen molar-refractivity contribution in [2.75, 3.05) is 13.0 Å². The lowest BCUT2D eigenvalue weighted by molar-refractivity contribution is -0.140. The van der Waals surface area contributed by atoms with Gasteiger partial charge in [0.05, 0.1) is 13.7 Å². The van der Waals surface area contributed by atoms with E-state index in [4.69, 9.17) is 16.3 Å². The number of para-hydroxylation sites is 1. The normalized spacial score (nSPS) is 14.9. The molecular formula is C23H26ClFN2O3. The number of benzene rings is 2. The number of halogens is 2. The molecule has 0 bridgehead atoms. The minimum absolute atomic E-state index is 0.0830. The lowest BCUT2D eigenvalue weighted by Crippen LogP contribution is -2.46. The molecule has 30 heavy (non-hydrogen) atoms. The monoisotopic (exact) mass is 432 g/mol. The van der Waals surface area contributed by atoms with Gasteiger partial charge in [0.1, 0.15) is 23.5 Å². The van der Waals surface area contributed by atoms with Crippen LogP contribution in [0.2, 0.25) is 0 Å². The molecule has 0 aromatic heterocycles. The molecule has 1 aliphatic carbocycles. The van der Waals surface area contributed by atoms with Crippen molar-refractivity contribution < 1.29 is 18.7 Å². The highest BCUT2D eigenvalue weighted by molar-refractivity contribution is 6.27. The van der Waals surface area contributed by atoms with E-state index in [-0.39, 0.29) is 24.4 Å². The molecule has 0 heterocycles. The fourth-order valence-electron chi connectivity index (χ4n) is 3.89. The van der Waals surface area contributed by atoms with Crippen LogP contribution in [-0.2, 0) is 16.1 Å². The molecule has 0 saturated heterocycles. The van der Waals surface area contributed by atoms with Crippen LogP contribution in [0.15, 0.2) is 48.5 Å². The summed E-state index contributed by atoms with van der Waals surface area (Å²) in [7, 11) is 1.55. The van der Waals surface area contributed by atoms with Crippen LogP contribution in [0.1, 0.15) is 42.9 Å². The van der Waals surface area contributed by atoms with E-state index in [1.807, 2.05) is 18.2 Å². The highest BCUT2D eigenvalue weighted by atomic mass is 35.5. The van der Waals surface area contributed by atoms with Crippen LogP contribution in [0.25, 0.3) is 0 Å². The number of hydrogen-bond acceptors (Lipinski definition) is 3. The summed E-state index contributed by atoms with van der Waals surface area (Å²) in [6.07, 6.45) is 3.96. The Hall–Kier alpha value is -2.60. The predicted octanol–water partition coefficient (Wildman–Crippen LogP) is 4.20. The summed E-state index contributed by atoms with van der Waals surface area (Å²) in [5, 5.41) is 3.06. The summed E-state index contributed by atoms with van der Waals surface area (Å²) in [5.74, 6) is -0.753. The van der Waals surface area contributed by atoms with E-state index in [0.29, 0.717) is 11.3 Å². The van der Waals surface area contributed by atoms with E-state index < -0.39 is 17.8 Å². The number of rotatable bonds is 8. The lowest BCUT2D eigenvalue weighted by atomic mass is 10.0. The molecule has 1 saturated carbocycles. The minimum atomic E-state index is -0.928. The van der Waals surface area contributed by atoms with E-state index in [1.54, 1.807) is 13.2 Å². The number of amides is 2. The molecule has 1 atom stereocenters. The largest absolute Gasteiger partial charge is 0.496 e. The summed E-state index contributed by atoms with van der Waals surface area (Å²) in [5.41, 5.74) is 1.28. The molecule has 1 fully saturated rings. The molecule has 5 nitrogen and oxygen atoms in total. The molecule has 2 amide bonds. The Morgan fingerprint density at radius 1 is 1.17 bits per heavy atom. The Balaban J connectivity index is 1.97. The molecule has 1 N–H and O–H groups in total. The first kappa shape index (κ1) is 22.1. The van der Waals surface area contributed by atoms with Crippen molar-refractivity contribution in [3.63, 3.8) is 0 Å². The zero-order chi connectivity index (χ0) is 21.5. The van der Waals surface area contributed by atoms with Crippen LogP contribution < -0.4 is 10.1 Å². The second kappa shape index (κ2) is 10.4. The summed E-state index contributed by atoms with van der Waals surface area (Å²) in [6.45, 7) is 0.135. The van der Waals surface area contributed by atoms with Gasteiger partial charge in [-0.3, -0.25) is 9.59 Å². The van der Waals surface area contributed by atoms with Crippen LogP contribution in [0.4, 0.5) is 4.39 Å². The van der Waals surface area contributed by atoms with Gasteiger partial charge < -0.3 is 15.0 Å². The van der Waals surface area contributed by atoms with Crippen LogP contribution in [0.3, 0.4) is 0 Å². The van der Waals surface area contributed by atoms with Gasteiger partial charge >= 0.3 is 0 Å². The van der Waals surface area contributed by atoms with E-state index in [0.717, 1.165) is 31.2 Å². The van der Waals surface area contributed by atoms with Gasteiger partial charge in [-0.25, -0.2) is 4.39 Å². The highest BCUT2D eigenvalue weighted by Gasteiger charge is 2.33. The summed E-state index contributed by atoms with van der Waals surface area (Å²) >= 11 is 5.90. The van der Waals surface area contributed by atoms with Crippen molar-refractivity contribution in [2.45, 2.75) is 44.3 Å². The minimum Gasteiger partial charge on any atom is -0.496 e. The number of nitrogens with zero attached hydrogens (tertiary/aromatic N) is 1. The van der Waals surface area contributed by atoms with E-state index >= 15 is 0 Å². The van der Waals surface area contributed by atoms with Crippen LogP contribution in [-0.4, -0.2) is 35.7 Å². The van der Waals surface area contributed by atoms with Crippen molar-refractivity contribution in [1.29, 1.82) is 0 Å². The third-order valence-electron chi connectivity index (χ3n) is 5.42. The summed E-state index contributed by atoms with van der Waals surface area (Å²) in [6, 6.07) is 12.1. The number of methoxy groups -OCH3 is 1. The van der Waals surface area contributed by atoms with Crippen LogP contribution in [0, 0.1) is 5.82 Å². The second-order valence-corrected chi connectivity index (χ2v) is 7.68. The molecule has 2 aromatic rings. The molecule has 1 aliphatic rings.